The highest BCUT2D eigenvalue weighted by Gasteiger charge is 2.39. The van der Waals surface area contributed by atoms with E-state index in [0.717, 1.165) is 5.56 Å². The SMILES string of the molecule is CC(C)C[C@H](NC(=O)[C@@H](NC(=O)[C@@H](Cc1ccccc1)NC(=O)CN)C(C)C)C(=O)N[C@H](C(=O)N[C@@H](CCC(N)=O)C(=O)N1CCC[C@H]1C(=O)NCC(=O)O)C(C)C. The Morgan fingerprint density at radius 3 is 1.81 bits per heavy atom. The topological polar surface area (TPSA) is 301 Å². The molecule has 0 saturated carbocycles. The smallest absolute Gasteiger partial charge is 0.322 e. The van der Waals surface area contributed by atoms with Gasteiger partial charge in [0.2, 0.25) is 47.3 Å². The van der Waals surface area contributed by atoms with Crippen LogP contribution in [0.25, 0.3) is 0 Å². The Labute approximate surface area is 338 Å². The van der Waals surface area contributed by atoms with E-state index in [2.05, 4.69) is 31.9 Å². The molecule has 19 nitrogen and oxygen atoms in total. The number of likely N-dealkylation sites (tertiary alicyclic amines) is 1. The number of carbonyl (C=O) groups excluding carboxylic acids is 8. The van der Waals surface area contributed by atoms with E-state index in [9.17, 15) is 43.2 Å². The first-order chi connectivity index (χ1) is 27.2. The summed E-state index contributed by atoms with van der Waals surface area (Å²) in [5.41, 5.74) is 11.6. The molecule has 2 rings (SSSR count). The highest BCUT2D eigenvalue weighted by molar-refractivity contribution is 5.97. The number of aliphatic carboxylic acids is 1. The minimum atomic E-state index is -1.33. The molecule has 1 aromatic rings. The number of nitrogens with zero attached hydrogens (tertiary/aromatic N) is 1. The molecular formula is C39H61N9O10. The van der Waals surface area contributed by atoms with Gasteiger partial charge in [-0.05, 0) is 49.0 Å². The van der Waals surface area contributed by atoms with Crippen LogP contribution in [0.1, 0.15) is 79.2 Å². The molecule has 1 fully saturated rings. The maximum absolute atomic E-state index is 13.9. The van der Waals surface area contributed by atoms with Gasteiger partial charge in [-0.15, -0.1) is 0 Å². The van der Waals surface area contributed by atoms with E-state index < -0.39 is 108 Å². The number of amides is 8. The molecule has 6 atom stereocenters. The van der Waals surface area contributed by atoms with Gasteiger partial charge in [0.1, 0.15) is 42.8 Å². The summed E-state index contributed by atoms with van der Waals surface area (Å²) in [6.45, 7) is 9.52. The van der Waals surface area contributed by atoms with E-state index in [0.29, 0.717) is 6.42 Å². The molecule has 0 bridgehead atoms. The van der Waals surface area contributed by atoms with Crippen LogP contribution in [-0.4, -0.2) is 119 Å². The van der Waals surface area contributed by atoms with E-state index in [1.165, 1.54) is 4.90 Å². The molecule has 8 amide bonds. The van der Waals surface area contributed by atoms with E-state index in [1.54, 1.807) is 52.0 Å². The molecule has 1 heterocycles. The summed E-state index contributed by atoms with van der Waals surface area (Å²) in [7, 11) is 0. The Morgan fingerprint density at radius 1 is 0.759 bits per heavy atom. The van der Waals surface area contributed by atoms with Gasteiger partial charge in [0.25, 0.3) is 0 Å². The number of primary amides is 1. The number of carbonyl (C=O) groups is 9. The van der Waals surface area contributed by atoms with Crippen molar-refractivity contribution in [1.82, 2.24) is 36.8 Å². The summed E-state index contributed by atoms with van der Waals surface area (Å²) in [5.74, 6) is -7.86. The number of benzene rings is 1. The van der Waals surface area contributed by atoms with Crippen LogP contribution >= 0.6 is 0 Å². The molecule has 1 aromatic carbocycles. The van der Waals surface area contributed by atoms with Gasteiger partial charge in [-0.3, -0.25) is 43.2 Å². The molecule has 1 aliphatic rings. The van der Waals surface area contributed by atoms with E-state index in [-0.39, 0.29) is 51.1 Å². The molecule has 1 aliphatic heterocycles. The monoisotopic (exact) mass is 815 g/mol. The molecule has 322 valence electrons. The van der Waals surface area contributed by atoms with Gasteiger partial charge in [0.15, 0.2) is 0 Å². The first kappa shape index (κ1) is 48.6. The lowest BCUT2D eigenvalue weighted by molar-refractivity contribution is -0.143. The lowest BCUT2D eigenvalue weighted by Gasteiger charge is -2.31. The summed E-state index contributed by atoms with van der Waals surface area (Å²) >= 11 is 0. The van der Waals surface area contributed by atoms with Crippen molar-refractivity contribution in [2.75, 3.05) is 19.6 Å². The average Bonchev–Trinajstić information content (AvgIpc) is 3.65. The number of nitrogens with one attached hydrogen (secondary N) is 6. The fourth-order valence-electron chi connectivity index (χ4n) is 6.44. The van der Waals surface area contributed by atoms with E-state index in [4.69, 9.17) is 16.6 Å². The van der Waals surface area contributed by atoms with Gasteiger partial charge in [0.05, 0.1) is 6.54 Å². The molecular weight excluding hydrogens is 754 g/mol. The Hall–Kier alpha value is -5.59. The van der Waals surface area contributed by atoms with Gasteiger partial charge in [-0.1, -0.05) is 71.9 Å². The Balaban J connectivity index is 2.28. The van der Waals surface area contributed by atoms with Gasteiger partial charge >= 0.3 is 5.97 Å². The maximum atomic E-state index is 13.9. The summed E-state index contributed by atoms with van der Waals surface area (Å²) in [6, 6.07) is 2.03. The zero-order chi connectivity index (χ0) is 43.7. The van der Waals surface area contributed by atoms with Gasteiger partial charge in [0, 0.05) is 19.4 Å². The summed E-state index contributed by atoms with van der Waals surface area (Å²) in [6.07, 6.45) is 0.448. The number of rotatable bonds is 23. The fraction of sp³-hybridized carbons (Fsp3) is 0.615. The van der Waals surface area contributed by atoms with Gasteiger partial charge in [-0.25, -0.2) is 0 Å². The average molecular weight is 816 g/mol. The molecule has 0 aromatic heterocycles. The van der Waals surface area contributed by atoms with Crippen molar-refractivity contribution < 1.29 is 48.3 Å². The van der Waals surface area contributed by atoms with Crippen LogP contribution in [0, 0.1) is 17.8 Å². The van der Waals surface area contributed by atoms with Crippen LogP contribution in [0.2, 0.25) is 0 Å². The van der Waals surface area contributed by atoms with Crippen LogP contribution in [-0.2, 0) is 49.6 Å². The van der Waals surface area contributed by atoms with Crippen molar-refractivity contribution >= 4 is 53.2 Å². The number of hydrogen-bond donors (Lipinski definition) is 9. The van der Waals surface area contributed by atoms with Crippen LogP contribution in [0.5, 0.6) is 0 Å². The minimum absolute atomic E-state index is 0.117. The third-order valence-electron chi connectivity index (χ3n) is 9.50. The maximum Gasteiger partial charge on any atom is 0.322 e. The highest BCUT2D eigenvalue weighted by Crippen LogP contribution is 2.20. The van der Waals surface area contributed by atoms with Crippen molar-refractivity contribution in [3.8, 4) is 0 Å². The first-order valence-corrected chi connectivity index (χ1v) is 19.6. The lowest BCUT2D eigenvalue weighted by atomic mass is 9.97. The van der Waals surface area contributed by atoms with Crippen LogP contribution in [0.4, 0.5) is 0 Å². The number of nitrogens with two attached hydrogens (primary N) is 2. The molecule has 11 N–H and O–H groups in total. The Morgan fingerprint density at radius 2 is 1.31 bits per heavy atom. The fourth-order valence-corrected chi connectivity index (χ4v) is 6.44. The standard InChI is InChI=1S/C39H61N9O10/c1-21(2)17-26(45-38(57)33(23(5)6)47-35(54)27(43-30(50)19-40)18-24-11-8-7-9-12-24)34(53)46-32(22(3)4)37(56)44-25(14-15-29(41)49)39(58)48-16-10-13-28(48)36(55)42-20-31(51)52/h7-9,11-12,21-23,25-28,32-33H,10,13-20,40H2,1-6H3,(H2,41,49)(H,42,55)(H,43,50)(H,44,56)(H,45,57)(H,46,53)(H,47,54)(H,51,52)/t25-,26-,27+,28-,32-,33-/m0/s1. The zero-order valence-corrected chi connectivity index (χ0v) is 34.2. The van der Waals surface area contributed by atoms with Gasteiger partial charge < -0.3 is 53.4 Å². The summed E-state index contributed by atoms with van der Waals surface area (Å²) in [5, 5.41) is 24.6. The third-order valence-corrected chi connectivity index (χ3v) is 9.50. The summed E-state index contributed by atoms with van der Waals surface area (Å²) < 4.78 is 0. The largest absolute Gasteiger partial charge is 0.480 e. The predicted octanol–water partition coefficient (Wildman–Crippen LogP) is -1.57. The summed E-state index contributed by atoms with van der Waals surface area (Å²) in [4.78, 5) is 118. The Kier molecular flexibility index (Phi) is 19.8. The van der Waals surface area contributed by atoms with E-state index in [1.807, 2.05) is 19.9 Å². The molecule has 0 spiro atoms. The first-order valence-electron chi connectivity index (χ1n) is 19.6. The molecule has 0 aliphatic carbocycles. The molecule has 58 heavy (non-hydrogen) atoms. The van der Waals surface area contributed by atoms with Crippen molar-refractivity contribution in [2.45, 2.75) is 116 Å². The number of carboxylic acid groups (broad SMARTS) is 1. The minimum Gasteiger partial charge on any atom is -0.480 e. The normalized spacial score (nSPS) is 16.4. The highest BCUT2D eigenvalue weighted by atomic mass is 16.4. The van der Waals surface area contributed by atoms with Crippen molar-refractivity contribution in [3.05, 3.63) is 35.9 Å². The third kappa shape index (κ3) is 15.7. The van der Waals surface area contributed by atoms with E-state index >= 15 is 0 Å². The second-order valence-corrected chi connectivity index (χ2v) is 15.5. The number of hydrogen-bond acceptors (Lipinski definition) is 10. The lowest BCUT2D eigenvalue weighted by Crippen LogP contribution is -2.61. The van der Waals surface area contributed by atoms with Crippen molar-refractivity contribution in [3.63, 3.8) is 0 Å². The van der Waals surface area contributed by atoms with Crippen LogP contribution < -0.4 is 43.4 Å². The molecule has 19 heteroatoms. The Bertz CT molecular complexity index is 1620. The van der Waals surface area contributed by atoms with Gasteiger partial charge in [-0.2, -0.15) is 0 Å². The van der Waals surface area contributed by atoms with Crippen LogP contribution in [0.15, 0.2) is 30.3 Å². The number of carboxylic acids is 1. The second-order valence-electron chi connectivity index (χ2n) is 15.5. The molecule has 1 saturated heterocycles. The van der Waals surface area contributed by atoms with Crippen LogP contribution in [0.3, 0.4) is 0 Å². The zero-order valence-electron chi connectivity index (χ0n) is 34.2. The van der Waals surface area contributed by atoms with Crippen molar-refractivity contribution in [2.24, 2.45) is 29.2 Å². The second kappa shape index (κ2) is 23.6. The predicted molar refractivity (Wildman–Crippen MR) is 212 cm³/mol. The quantitative estimate of drug-likeness (QED) is 0.0608. The molecule has 0 unspecified atom stereocenters. The van der Waals surface area contributed by atoms with Crippen molar-refractivity contribution in [1.29, 1.82) is 0 Å². The molecule has 0 radical (unpaired) electrons.